The van der Waals surface area contributed by atoms with E-state index in [0.717, 1.165) is 6.54 Å². The lowest BCUT2D eigenvalue weighted by atomic mass is 9.70. The summed E-state index contributed by atoms with van der Waals surface area (Å²) in [7, 11) is 0. The molecular weight excluding hydrogens is 192 g/mol. The van der Waals surface area contributed by atoms with Gasteiger partial charge in [0, 0.05) is 13.2 Å². The van der Waals surface area contributed by atoms with Crippen LogP contribution in [0.5, 0.6) is 0 Å². The molecule has 1 atom stereocenters. The van der Waals surface area contributed by atoms with Crippen LogP contribution in [0.2, 0.25) is 0 Å². The van der Waals surface area contributed by atoms with Crippen molar-refractivity contribution < 1.29 is 9.53 Å². The van der Waals surface area contributed by atoms with Crippen LogP contribution in [-0.2, 0) is 9.53 Å². The third kappa shape index (κ3) is 2.16. The first-order valence-electron chi connectivity index (χ1n) is 5.69. The van der Waals surface area contributed by atoms with E-state index in [1.807, 2.05) is 0 Å². The fourth-order valence-corrected chi connectivity index (χ4v) is 2.19. The lowest BCUT2D eigenvalue weighted by Crippen LogP contribution is -2.56. The Morgan fingerprint density at radius 2 is 2.20 bits per heavy atom. The van der Waals surface area contributed by atoms with Gasteiger partial charge in [0.2, 0.25) is 5.91 Å². The Labute approximate surface area is 90.5 Å². The van der Waals surface area contributed by atoms with Gasteiger partial charge in [-0.05, 0) is 24.7 Å². The Hall–Kier alpha value is -0.610. The zero-order valence-electron chi connectivity index (χ0n) is 9.34. The Morgan fingerprint density at radius 1 is 1.47 bits per heavy atom. The molecule has 1 saturated carbocycles. The highest BCUT2D eigenvalue weighted by Gasteiger charge is 2.40. The molecule has 0 spiro atoms. The van der Waals surface area contributed by atoms with Gasteiger partial charge in [0.25, 0.3) is 0 Å². The van der Waals surface area contributed by atoms with Crippen LogP contribution < -0.4 is 11.1 Å². The molecular formula is C11H20N2O2. The zero-order chi connectivity index (χ0) is 10.9. The van der Waals surface area contributed by atoms with Crippen LogP contribution in [0.25, 0.3) is 0 Å². The number of nitrogens with one attached hydrogen (secondary N) is 1. The third-order valence-electron chi connectivity index (χ3n) is 3.74. The minimum atomic E-state index is -0.778. The van der Waals surface area contributed by atoms with Gasteiger partial charge in [0.1, 0.15) is 5.54 Å². The highest BCUT2D eigenvalue weighted by Crippen LogP contribution is 2.39. The van der Waals surface area contributed by atoms with Crippen LogP contribution in [0.1, 0.15) is 32.6 Å². The lowest BCUT2D eigenvalue weighted by Gasteiger charge is -2.39. The fraction of sp³-hybridized carbons (Fsp3) is 0.909. The number of hydrogen-bond acceptors (Lipinski definition) is 3. The van der Waals surface area contributed by atoms with E-state index in [9.17, 15) is 4.79 Å². The molecule has 0 radical (unpaired) electrons. The Balaban J connectivity index is 1.81. The summed E-state index contributed by atoms with van der Waals surface area (Å²) in [4.78, 5) is 11.8. The number of hydrogen-bond donors (Lipinski definition) is 2. The van der Waals surface area contributed by atoms with Crippen molar-refractivity contribution in [1.29, 1.82) is 0 Å². The van der Waals surface area contributed by atoms with Crippen molar-refractivity contribution >= 4 is 5.91 Å². The second-order valence-electron chi connectivity index (χ2n) is 5.31. The Kier molecular flexibility index (Phi) is 2.73. The molecule has 86 valence electrons. The molecule has 4 heteroatoms. The van der Waals surface area contributed by atoms with Crippen molar-refractivity contribution in [3.8, 4) is 0 Å². The van der Waals surface area contributed by atoms with Gasteiger partial charge in [-0.1, -0.05) is 13.3 Å². The summed E-state index contributed by atoms with van der Waals surface area (Å²) in [6, 6.07) is 0. The molecule has 1 amide bonds. The molecule has 1 heterocycles. The first kappa shape index (κ1) is 10.9. The van der Waals surface area contributed by atoms with Gasteiger partial charge in [-0.2, -0.15) is 0 Å². The van der Waals surface area contributed by atoms with Crippen molar-refractivity contribution in [2.75, 3.05) is 19.8 Å². The minimum absolute atomic E-state index is 0.0480. The molecule has 1 unspecified atom stereocenters. The summed E-state index contributed by atoms with van der Waals surface area (Å²) in [6.45, 7) is 3.92. The number of nitrogens with two attached hydrogens (primary N) is 1. The molecule has 2 aliphatic rings. The summed E-state index contributed by atoms with van der Waals surface area (Å²) >= 11 is 0. The quantitative estimate of drug-likeness (QED) is 0.712. The summed E-state index contributed by atoms with van der Waals surface area (Å²) in [5, 5.41) is 2.96. The van der Waals surface area contributed by atoms with Crippen molar-refractivity contribution in [1.82, 2.24) is 5.32 Å². The summed E-state index contributed by atoms with van der Waals surface area (Å²) in [5.74, 6) is -0.0480. The van der Waals surface area contributed by atoms with Crippen molar-refractivity contribution in [3.05, 3.63) is 0 Å². The number of carbonyl (C=O) groups is 1. The van der Waals surface area contributed by atoms with Crippen molar-refractivity contribution in [3.63, 3.8) is 0 Å². The van der Waals surface area contributed by atoms with Crippen LogP contribution in [0.15, 0.2) is 0 Å². The number of rotatable bonds is 3. The van der Waals surface area contributed by atoms with Crippen LogP contribution in [0.3, 0.4) is 0 Å². The summed E-state index contributed by atoms with van der Waals surface area (Å²) in [6.07, 6.45) is 4.33. The van der Waals surface area contributed by atoms with E-state index in [2.05, 4.69) is 12.2 Å². The molecule has 15 heavy (non-hydrogen) atoms. The first-order valence-corrected chi connectivity index (χ1v) is 5.69. The number of amides is 1. The van der Waals surface area contributed by atoms with Crippen LogP contribution in [0.4, 0.5) is 0 Å². The molecule has 4 nitrogen and oxygen atoms in total. The van der Waals surface area contributed by atoms with Gasteiger partial charge in [0.05, 0.1) is 6.61 Å². The van der Waals surface area contributed by atoms with Crippen LogP contribution in [-0.4, -0.2) is 31.2 Å². The Morgan fingerprint density at radius 3 is 2.67 bits per heavy atom. The predicted octanol–water partition coefficient (Wildman–Crippen LogP) is 0.411. The van der Waals surface area contributed by atoms with Crippen LogP contribution in [0, 0.1) is 5.41 Å². The van der Waals surface area contributed by atoms with E-state index in [0.29, 0.717) is 25.0 Å². The molecule has 1 aliphatic heterocycles. The van der Waals surface area contributed by atoms with Crippen molar-refractivity contribution in [2.45, 2.75) is 38.1 Å². The largest absolute Gasteiger partial charge is 0.379 e. The third-order valence-corrected chi connectivity index (χ3v) is 3.74. The van der Waals surface area contributed by atoms with Gasteiger partial charge in [0.15, 0.2) is 0 Å². The molecule has 0 aromatic heterocycles. The molecule has 1 saturated heterocycles. The van der Waals surface area contributed by atoms with Gasteiger partial charge >= 0.3 is 0 Å². The topological polar surface area (TPSA) is 64.4 Å². The first-order chi connectivity index (χ1) is 7.04. The fourth-order valence-electron chi connectivity index (χ4n) is 2.19. The van der Waals surface area contributed by atoms with E-state index in [1.54, 1.807) is 0 Å². The minimum Gasteiger partial charge on any atom is -0.379 e. The van der Waals surface area contributed by atoms with E-state index >= 15 is 0 Å². The molecule has 3 N–H and O–H groups in total. The number of carbonyl (C=O) groups excluding carboxylic acids is 1. The van der Waals surface area contributed by atoms with E-state index in [-0.39, 0.29) is 5.91 Å². The van der Waals surface area contributed by atoms with Gasteiger partial charge in [-0.25, -0.2) is 0 Å². The molecule has 0 aromatic carbocycles. The molecule has 0 aromatic rings. The van der Waals surface area contributed by atoms with E-state index < -0.39 is 5.54 Å². The highest BCUT2D eigenvalue weighted by molar-refractivity contribution is 5.86. The maximum Gasteiger partial charge on any atom is 0.242 e. The predicted molar refractivity (Wildman–Crippen MR) is 57.3 cm³/mol. The van der Waals surface area contributed by atoms with Crippen molar-refractivity contribution in [2.24, 2.45) is 11.1 Å². The van der Waals surface area contributed by atoms with Gasteiger partial charge in [-0.15, -0.1) is 0 Å². The second kappa shape index (κ2) is 3.76. The highest BCUT2D eigenvalue weighted by atomic mass is 16.5. The summed E-state index contributed by atoms with van der Waals surface area (Å²) in [5.41, 5.74) is 5.49. The maximum absolute atomic E-state index is 11.8. The van der Waals surface area contributed by atoms with E-state index in [4.69, 9.17) is 10.5 Å². The lowest BCUT2D eigenvalue weighted by molar-refractivity contribution is -0.127. The smallest absolute Gasteiger partial charge is 0.242 e. The Bertz CT molecular complexity index is 255. The molecule has 1 aliphatic carbocycles. The number of ether oxygens (including phenoxy) is 1. The maximum atomic E-state index is 11.8. The normalized spacial score (nSPS) is 33.5. The van der Waals surface area contributed by atoms with Gasteiger partial charge in [-0.3, -0.25) is 4.79 Å². The van der Waals surface area contributed by atoms with Crippen LogP contribution >= 0.6 is 0 Å². The average Bonchev–Trinajstić information content (AvgIpc) is 2.60. The second-order valence-corrected chi connectivity index (χ2v) is 5.31. The SMILES string of the molecule is CC1(CNC(=O)C2(N)CCOC2)CCC1. The molecule has 2 rings (SSSR count). The monoisotopic (exact) mass is 212 g/mol. The summed E-state index contributed by atoms with van der Waals surface area (Å²) < 4.78 is 5.17. The van der Waals surface area contributed by atoms with Gasteiger partial charge < -0.3 is 15.8 Å². The van der Waals surface area contributed by atoms with E-state index in [1.165, 1.54) is 19.3 Å². The standard InChI is InChI=1S/C11H20N2O2/c1-10(3-2-4-10)7-13-9(14)11(12)5-6-15-8-11/h2-8,12H2,1H3,(H,13,14). The molecule has 2 fully saturated rings. The zero-order valence-corrected chi connectivity index (χ0v) is 9.34. The average molecular weight is 212 g/mol. The molecule has 0 bridgehead atoms.